The van der Waals surface area contributed by atoms with Gasteiger partial charge in [-0.2, -0.15) is 0 Å². The number of hydrogen-bond donors (Lipinski definition) is 2. The predicted molar refractivity (Wildman–Crippen MR) is 107 cm³/mol. The first-order chi connectivity index (χ1) is 12.7. The standard InChI is InChI=1S/C22H40N2O2/c25-21(15-13-19-9-3-4-10-19)23-17-7-1-2-8-18-24-22(26)16-14-20-11-5-6-12-20/h19-20H,1-18H2,(H,23,25)(H,24,26). The molecule has 150 valence electrons. The highest BCUT2D eigenvalue weighted by atomic mass is 16.2. The van der Waals surface area contributed by atoms with Gasteiger partial charge in [-0.25, -0.2) is 0 Å². The summed E-state index contributed by atoms with van der Waals surface area (Å²) in [4.78, 5) is 23.6. The molecule has 0 radical (unpaired) electrons. The van der Waals surface area contributed by atoms with Gasteiger partial charge < -0.3 is 10.6 Å². The maximum Gasteiger partial charge on any atom is 0.220 e. The Morgan fingerprint density at radius 3 is 1.38 bits per heavy atom. The van der Waals surface area contributed by atoms with Crippen molar-refractivity contribution in [1.29, 1.82) is 0 Å². The average Bonchev–Trinajstić information content (AvgIpc) is 3.34. The van der Waals surface area contributed by atoms with Crippen LogP contribution in [0.15, 0.2) is 0 Å². The van der Waals surface area contributed by atoms with Crippen molar-refractivity contribution in [2.75, 3.05) is 13.1 Å². The highest BCUT2D eigenvalue weighted by Crippen LogP contribution is 2.29. The van der Waals surface area contributed by atoms with Crippen LogP contribution < -0.4 is 10.6 Å². The van der Waals surface area contributed by atoms with Gasteiger partial charge in [0, 0.05) is 25.9 Å². The minimum Gasteiger partial charge on any atom is -0.356 e. The molecule has 4 nitrogen and oxygen atoms in total. The molecule has 26 heavy (non-hydrogen) atoms. The van der Waals surface area contributed by atoms with E-state index in [0.29, 0.717) is 12.8 Å². The lowest BCUT2D eigenvalue weighted by molar-refractivity contribution is -0.122. The molecule has 0 aliphatic heterocycles. The lowest BCUT2D eigenvalue weighted by Gasteiger charge is -2.10. The summed E-state index contributed by atoms with van der Waals surface area (Å²) in [5.74, 6) is 2.06. The van der Waals surface area contributed by atoms with Gasteiger partial charge in [0.05, 0.1) is 0 Å². The molecule has 0 unspecified atom stereocenters. The fourth-order valence-electron chi connectivity index (χ4n) is 4.50. The van der Waals surface area contributed by atoms with E-state index in [4.69, 9.17) is 0 Å². The molecule has 2 saturated carbocycles. The third kappa shape index (κ3) is 9.59. The molecular formula is C22H40N2O2. The Labute approximate surface area is 160 Å². The molecule has 0 bridgehead atoms. The van der Waals surface area contributed by atoms with Crippen LogP contribution in [-0.2, 0) is 9.59 Å². The Balaban J connectivity index is 1.32. The van der Waals surface area contributed by atoms with Crippen molar-refractivity contribution in [2.45, 2.75) is 103 Å². The van der Waals surface area contributed by atoms with E-state index in [9.17, 15) is 9.59 Å². The molecular weight excluding hydrogens is 324 g/mol. The van der Waals surface area contributed by atoms with E-state index in [-0.39, 0.29) is 11.8 Å². The van der Waals surface area contributed by atoms with Crippen LogP contribution in [0.1, 0.15) is 103 Å². The number of unbranched alkanes of at least 4 members (excludes halogenated alkanes) is 3. The van der Waals surface area contributed by atoms with Gasteiger partial charge in [0.15, 0.2) is 0 Å². The molecule has 0 aromatic heterocycles. The summed E-state index contributed by atoms with van der Waals surface area (Å²) in [6.07, 6.45) is 18.6. The number of hydrogen-bond acceptors (Lipinski definition) is 2. The molecule has 4 heteroatoms. The number of nitrogens with one attached hydrogen (secondary N) is 2. The first-order valence-corrected chi connectivity index (χ1v) is 11.3. The summed E-state index contributed by atoms with van der Waals surface area (Å²) in [7, 11) is 0. The topological polar surface area (TPSA) is 58.2 Å². The Morgan fingerprint density at radius 1 is 0.615 bits per heavy atom. The molecule has 0 heterocycles. The molecule has 2 amide bonds. The molecule has 0 aromatic carbocycles. The molecule has 0 spiro atoms. The van der Waals surface area contributed by atoms with Crippen LogP contribution >= 0.6 is 0 Å². The van der Waals surface area contributed by atoms with Gasteiger partial charge in [-0.1, -0.05) is 64.2 Å². The summed E-state index contributed by atoms with van der Waals surface area (Å²) >= 11 is 0. The lowest BCUT2D eigenvalue weighted by Crippen LogP contribution is -2.25. The van der Waals surface area contributed by atoms with Crippen LogP contribution in [0.5, 0.6) is 0 Å². The summed E-state index contributed by atoms with van der Waals surface area (Å²) in [5.41, 5.74) is 0. The minimum absolute atomic E-state index is 0.228. The van der Waals surface area contributed by atoms with E-state index in [0.717, 1.165) is 63.5 Å². The maximum atomic E-state index is 11.8. The average molecular weight is 365 g/mol. The van der Waals surface area contributed by atoms with Crippen molar-refractivity contribution in [3.8, 4) is 0 Å². The van der Waals surface area contributed by atoms with Gasteiger partial charge in [-0.3, -0.25) is 9.59 Å². The third-order valence-electron chi connectivity index (χ3n) is 6.26. The quantitative estimate of drug-likeness (QED) is 0.465. The lowest BCUT2D eigenvalue weighted by atomic mass is 10.0. The summed E-state index contributed by atoms with van der Waals surface area (Å²) < 4.78 is 0. The minimum atomic E-state index is 0.228. The van der Waals surface area contributed by atoms with Crippen LogP contribution in [0.4, 0.5) is 0 Å². The van der Waals surface area contributed by atoms with Crippen molar-refractivity contribution in [2.24, 2.45) is 11.8 Å². The number of carbonyl (C=O) groups excluding carboxylic acids is 2. The van der Waals surface area contributed by atoms with Crippen LogP contribution in [0.25, 0.3) is 0 Å². The van der Waals surface area contributed by atoms with Crippen LogP contribution in [-0.4, -0.2) is 24.9 Å². The van der Waals surface area contributed by atoms with Gasteiger partial charge in [0.25, 0.3) is 0 Å². The van der Waals surface area contributed by atoms with Crippen molar-refractivity contribution >= 4 is 11.8 Å². The molecule has 0 saturated heterocycles. The van der Waals surface area contributed by atoms with E-state index < -0.39 is 0 Å². The van der Waals surface area contributed by atoms with E-state index in [2.05, 4.69) is 10.6 Å². The van der Waals surface area contributed by atoms with Gasteiger partial charge >= 0.3 is 0 Å². The van der Waals surface area contributed by atoms with Crippen LogP contribution in [0.2, 0.25) is 0 Å². The highest BCUT2D eigenvalue weighted by Gasteiger charge is 2.16. The third-order valence-corrected chi connectivity index (χ3v) is 6.26. The number of amides is 2. The van der Waals surface area contributed by atoms with Gasteiger partial charge in [0.1, 0.15) is 0 Å². The molecule has 2 N–H and O–H groups in total. The van der Waals surface area contributed by atoms with Crippen molar-refractivity contribution in [3.05, 3.63) is 0 Å². The first kappa shape index (κ1) is 21.2. The van der Waals surface area contributed by atoms with Crippen molar-refractivity contribution in [1.82, 2.24) is 10.6 Å². The second-order valence-corrected chi connectivity index (χ2v) is 8.49. The zero-order chi connectivity index (χ0) is 18.5. The molecule has 2 aliphatic carbocycles. The monoisotopic (exact) mass is 364 g/mol. The molecule has 2 aliphatic rings. The summed E-state index contributed by atoms with van der Waals surface area (Å²) in [6, 6.07) is 0. The van der Waals surface area contributed by atoms with Crippen LogP contribution in [0.3, 0.4) is 0 Å². The summed E-state index contributed by atoms with van der Waals surface area (Å²) in [6.45, 7) is 1.61. The maximum absolute atomic E-state index is 11.8. The van der Waals surface area contributed by atoms with E-state index >= 15 is 0 Å². The second-order valence-electron chi connectivity index (χ2n) is 8.49. The van der Waals surface area contributed by atoms with E-state index in [1.165, 1.54) is 51.4 Å². The Morgan fingerprint density at radius 2 is 1.00 bits per heavy atom. The zero-order valence-corrected chi connectivity index (χ0v) is 16.7. The largest absolute Gasteiger partial charge is 0.356 e. The molecule has 0 atom stereocenters. The SMILES string of the molecule is O=C(CCC1CCCC1)NCCCCCCNC(=O)CCC1CCCC1. The van der Waals surface area contributed by atoms with E-state index in [1.807, 2.05) is 0 Å². The van der Waals surface area contributed by atoms with E-state index in [1.54, 1.807) is 0 Å². The van der Waals surface area contributed by atoms with Crippen LogP contribution in [0, 0.1) is 11.8 Å². The number of carbonyl (C=O) groups is 2. The molecule has 0 aromatic rings. The van der Waals surface area contributed by atoms with Gasteiger partial charge in [0.2, 0.25) is 11.8 Å². The van der Waals surface area contributed by atoms with Gasteiger partial charge in [-0.05, 0) is 37.5 Å². The Hall–Kier alpha value is -1.06. The first-order valence-electron chi connectivity index (χ1n) is 11.3. The molecule has 2 fully saturated rings. The van der Waals surface area contributed by atoms with Crippen molar-refractivity contribution in [3.63, 3.8) is 0 Å². The second kappa shape index (κ2) is 13.2. The number of rotatable bonds is 13. The highest BCUT2D eigenvalue weighted by molar-refractivity contribution is 5.76. The predicted octanol–water partition coefficient (Wildman–Crippen LogP) is 4.72. The normalized spacial score (nSPS) is 18.3. The zero-order valence-electron chi connectivity index (χ0n) is 16.7. The fraction of sp³-hybridized carbons (Fsp3) is 0.909. The smallest absolute Gasteiger partial charge is 0.220 e. The Kier molecular flexibility index (Phi) is 10.8. The van der Waals surface area contributed by atoms with Gasteiger partial charge in [-0.15, -0.1) is 0 Å². The molecule has 2 rings (SSSR count). The fourth-order valence-corrected chi connectivity index (χ4v) is 4.50. The summed E-state index contributed by atoms with van der Waals surface area (Å²) in [5, 5.41) is 6.10. The Bertz CT molecular complexity index is 361. The van der Waals surface area contributed by atoms with Crippen molar-refractivity contribution < 1.29 is 9.59 Å².